The minimum absolute atomic E-state index is 0.303. The zero-order valence-electron chi connectivity index (χ0n) is 19.9. The van der Waals surface area contributed by atoms with Gasteiger partial charge in [-0.25, -0.2) is 8.78 Å². The van der Waals surface area contributed by atoms with Crippen molar-refractivity contribution < 1.29 is 27.1 Å². The Labute approximate surface area is 216 Å². The molecule has 0 unspecified atom stereocenters. The van der Waals surface area contributed by atoms with Crippen LogP contribution in [0.2, 0.25) is 0 Å². The highest BCUT2D eigenvalue weighted by Crippen LogP contribution is 2.29. The molecular formula is C26H24F4N4O2S. The van der Waals surface area contributed by atoms with Gasteiger partial charge in [-0.05, 0) is 42.0 Å². The summed E-state index contributed by atoms with van der Waals surface area (Å²) in [5, 5.41) is 4.44. The number of hydrogen-bond acceptors (Lipinski definition) is 5. The number of anilines is 2. The molecule has 2 N–H and O–H groups in total. The summed E-state index contributed by atoms with van der Waals surface area (Å²) in [5.74, 6) is -10.1. The number of thiocarbonyl (C=S) groups is 1. The van der Waals surface area contributed by atoms with Gasteiger partial charge in [-0.15, -0.1) is 0 Å². The van der Waals surface area contributed by atoms with Crippen LogP contribution in [0.3, 0.4) is 0 Å². The van der Waals surface area contributed by atoms with Crippen molar-refractivity contribution in [1.82, 2.24) is 10.2 Å². The van der Waals surface area contributed by atoms with E-state index in [4.69, 9.17) is 12.2 Å². The lowest BCUT2D eigenvalue weighted by Gasteiger charge is -2.36. The fourth-order valence-electron chi connectivity index (χ4n) is 4.08. The van der Waals surface area contributed by atoms with Crippen LogP contribution in [0.1, 0.15) is 15.9 Å². The fraction of sp³-hybridized carbons (Fsp3) is 0.231. The van der Waals surface area contributed by atoms with E-state index in [0.717, 1.165) is 45.5 Å². The largest absolute Gasteiger partial charge is 0.491 e. The van der Waals surface area contributed by atoms with Crippen molar-refractivity contribution in [2.24, 2.45) is 0 Å². The Kier molecular flexibility index (Phi) is 8.24. The van der Waals surface area contributed by atoms with Crippen LogP contribution in [-0.2, 0) is 6.54 Å². The van der Waals surface area contributed by atoms with E-state index >= 15 is 0 Å². The number of carbonyl (C=O) groups excluding carboxylic acids is 1. The van der Waals surface area contributed by atoms with Gasteiger partial charge in [0.05, 0.1) is 7.11 Å². The molecule has 0 aromatic heterocycles. The van der Waals surface area contributed by atoms with Crippen molar-refractivity contribution in [3.63, 3.8) is 0 Å². The highest BCUT2D eigenvalue weighted by atomic mass is 32.1. The Morgan fingerprint density at radius 2 is 1.49 bits per heavy atom. The van der Waals surface area contributed by atoms with Crippen molar-refractivity contribution in [2.75, 3.05) is 43.5 Å². The smallest absolute Gasteiger partial charge is 0.263 e. The second kappa shape index (κ2) is 11.6. The first kappa shape index (κ1) is 26.4. The summed E-state index contributed by atoms with van der Waals surface area (Å²) >= 11 is 5.02. The number of amides is 1. The number of methoxy groups -OCH3 is 1. The average molecular weight is 533 g/mol. The lowest BCUT2D eigenvalue weighted by Crippen LogP contribution is -2.45. The maximum atomic E-state index is 14.2. The predicted octanol–water partition coefficient (Wildman–Crippen LogP) is 4.70. The molecule has 11 heteroatoms. The standard InChI is InChI=1S/C26H24F4N4O2S/c1-36-24-22(29)20(27)19(21(28)23(24)30)25(35)32-26(37)31-17-7-9-18(10-8-17)34-13-11-33(12-14-34)15-16-5-3-2-4-6-16/h2-10H,11-15H2,1H3,(H2,31,32,35,37). The van der Waals surface area contributed by atoms with Gasteiger partial charge >= 0.3 is 0 Å². The first-order valence-electron chi connectivity index (χ1n) is 11.4. The molecule has 0 spiro atoms. The van der Waals surface area contributed by atoms with Crippen LogP contribution < -0.4 is 20.3 Å². The molecule has 3 aromatic rings. The second-order valence-corrected chi connectivity index (χ2v) is 8.78. The lowest BCUT2D eigenvalue weighted by atomic mass is 10.1. The highest BCUT2D eigenvalue weighted by molar-refractivity contribution is 7.80. The lowest BCUT2D eigenvalue weighted by molar-refractivity contribution is 0.0966. The SMILES string of the molecule is COc1c(F)c(F)c(C(=O)NC(=S)Nc2ccc(N3CCN(Cc4ccccc4)CC3)cc2)c(F)c1F. The molecule has 37 heavy (non-hydrogen) atoms. The fourth-order valence-corrected chi connectivity index (χ4v) is 4.29. The van der Waals surface area contributed by atoms with E-state index < -0.39 is 40.5 Å². The quantitative estimate of drug-likeness (QED) is 0.273. The molecule has 4 rings (SSSR count). The van der Waals surface area contributed by atoms with Crippen molar-refractivity contribution in [3.05, 3.63) is 89.0 Å². The van der Waals surface area contributed by atoms with Gasteiger partial charge in [-0.3, -0.25) is 15.0 Å². The molecule has 0 radical (unpaired) electrons. The van der Waals surface area contributed by atoms with Gasteiger partial charge in [-0.1, -0.05) is 30.3 Å². The van der Waals surface area contributed by atoms with Crippen LogP contribution in [0.4, 0.5) is 28.9 Å². The van der Waals surface area contributed by atoms with Crippen LogP contribution in [0.15, 0.2) is 54.6 Å². The zero-order valence-corrected chi connectivity index (χ0v) is 20.7. The first-order valence-corrected chi connectivity index (χ1v) is 11.8. The normalized spacial score (nSPS) is 13.8. The summed E-state index contributed by atoms with van der Waals surface area (Å²) in [6.45, 7) is 4.47. The summed E-state index contributed by atoms with van der Waals surface area (Å²) < 4.78 is 60.5. The van der Waals surface area contributed by atoms with E-state index in [-0.39, 0.29) is 5.11 Å². The molecule has 0 atom stereocenters. The molecule has 6 nitrogen and oxygen atoms in total. The predicted molar refractivity (Wildman–Crippen MR) is 137 cm³/mol. The molecule has 0 aliphatic carbocycles. The molecule has 194 valence electrons. The maximum Gasteiger partial charge on any atom is 0.263 e. The van der Waals surface area contributed by atoms with E-state index in [2.05, 4.69) is 32.0 Å². The number of piperazine rings is 1. The zero-order chi connectivity index (χ0) is 26.5. The van der Waals surface area contributed by atoms with Gasteiger partial charge < -0.3 is 15.0 Å². The van der Waals surface area contributed by atoms with Gasteiger partial charge in [0.1, 0.15) is 5.56 Å². The van der Waals surface area contributed by atoms with Gasteiger partial charge in [-0.2, -0.15) is 8.78 Å². The molecule has 1 aliphatic rings. The summed E-state index contributed by atoms with van der Waals surface area (Å²) in [4.78, 5) is 16.9. The molecule has 1 amide bonds. The summed E-state index contributed by atoms with van der Waals surface area (Å²) in [5.41, 5.74) is 1.35. The maximum absolute atomic E-state index is 14.2. The number of carbonyl (C=O) groups is 1. The number of hydrogen-bond donors (Lipinski definition) is 2. The average Bonchev–Trinajstić information content (AvgIpc) is 2.89. The molecular weight excluding hydrogens is 508 g/mol. The molecule has 1 heterocycles. The third kappa shape index (κ3) is 6.00. The summed E-state index contributed by atoms with van der Waals surface area (Å²) in [7, 11) is 0.844. The van der Waals surface area contributed by atoms with Crippen molar-refractivity contribution in [3.8, 4) is 5.75 Å². The Morgan fingerprint density at radius 1 is 0.892 bits per heavy atom. The number of nitrogens with one attached hydrogen (secondary N) is 2. The third-order valence-corrected chi connectivity index (χ3v) is 6.20. The van der Waals surface area contributed by atoms with Crippen LogP contribution >= 0.6 is 12.2 Å². The molecule has 0 bridgehead atoms. The Bertz CT molecular complexity index is 1250. The van der Waals surface area contributed by atoms with E-state index in [0.29, 0.717) is 5.69 Å². The monoisotopic (exact) mass is 532 g/mol. The van der Waals surface area contributed by atoms with Crippen LogP contribution in [-0.4, -0.2) is 49.2 Å². The van der Waals surface area contributed by atoms with Crippen molar-refractivity contribution >= 4 is 34.6 Å². The minimum Gasteiger partial charge on any atom is -0.491 e. The Morgan fingerprint density at radius 3 is 2.05 bits per heavy atom. The van der Waals surface area contributed by atoms with E-state index in [9.17, 15) is 22.4 Å². The van der Waals surface area contributed by atoms with Gasteiger partial charge in [0.15, 0.2) is 22.5 Å². The van der Waals surface area contributed by atoms with Crippen LogP contribution in [0, 0.1) is 23.3 Å². The molecule has 1 saturated heterocycles. The number of benzene rings is 3. The minimum atomic E-state index is -1.88. The van der Waals surface area contributed by atoms with Crippen LogP contribution in [0.5, 0.6) is 5.75 Å². The third-order valence-electron chi connectivity index (χ3n) is 5.99. The van der Waals surface area contributed by atoms with E-state index in [1.165, 1.54) is 5.56 Å². The number of rotatable bonds is 6. The molecule has 1 aliphatic heterocycles. The summed E-state index contributed by atoms with van der Waals surface area (Å²) in [6, 6.07) is 17.5. The number of halogens is 4. The van der Waals surface area contributed by atoms with E-state index in [1.807, 2.05) is 35.6 Å². The van der Waals surface area contributed by atoms with Crippen molar-refractivity contribution in [2.45, 2.75) is 6.54 Å². The number of nitrogens with zero attached hydrogens (tertiary/aromatic N) is 2. The summed E-state index contributed by atoms with van der Waals surface area (Å²) in [6.07, 6.45) is 0. The Balaban J connectivity index is 1.32. The van der Waals surface area contributed by atoms with Gasteiger partial charge in [0.25, 0.3) is 5.91 Å². The van der Waals surface area contributed by atoms with Gasteiger partial charge in [0.2, 0.25) is 11.6 Å². The molecule has 1 fully saturated rings. The first-order chi connectivity index (χ1) is 17.8. The topological polar surface area (TPSA) is 56.8 Å². The molecule has 0 saturated carbocycles. The second-order valence-electron chi connectivity index (χ2n) is 8.37. The Hall–Kier alpha value is -3.70. The molecule has 3 aromatic carbocycles. The number of ether oxygens (including phenoxy) is 1. The van der Waals surface area contributed by atoms with Crippen molar-refractivity contribution in [1.29, 1.82) is 0 Å². The van der Waals surface area contributed by atoms with E-state index in [1.54, 1.807) is 12.1 Å². The highest BCUT2D eigenvalue weighted by Gasteiger charge is 2.30. The van der Waals surface area contributed by atoms with Gasteiger partial charge in [0, 0.05) is 44.1 Å². The van der Waals surface area contributed by atoms with Crippen LogP contribution in [0.25, 0.3) is 0 Å².